The second-order valence-electron chi connectivity index (χ2n) is 7.17. The fourth-order valence-electron chi connectivity index (χ4n) is 3.18. The molecule has 0 aliphatic carbocycles. The average molecular weight is 458 g/mol. The van der Waals surface area contributed by atoms with Crippen LogP contribution in [0.2, 0.25) is 0 Å². The molecule has 3 aromatic carbocycles. The molecule has 4 rings (SSSR count). The van der Waals surface area contributed by atoms with Crippen LogP contribution in [-0.4, -0.2) is 9.97 Å². The monoisotopic (exact) mass is 457 g/mol. The summed E-state index contributed by atoms with van der Waals surface area (Å²) in [5, 5.41) is 9.69. The highest BCUT2D eigenvalue weighted by Gasteiger charge is 2.10. The van der Waals surface area contributed by atoms with Gasteiger partial charge in [0.15, 0.2) is 0 Å². The molecular formula is C25H20BrN3O. The van der Waals surface area contributed by atoms with Gasteiger partial charge < -0.3 is 9.72 Å². The molecule has 0 atom stereocenters. The van der Waals surface area contributed by atoms with Crippen LogP contribution in [0.25, 0.3) is 22.7 Å². The summed E-state index contributed by atoms with van der Waals surface area (Å²) >= 11 is 3.57. The summed E-state index contributed by atoms with van der Waals surface area (Å²) in [5.41, 5.74) is 6.63. The Morgan fingerprint density at radius 3 is 2.60 bits per heavy atom. The standard InChI is InChI=1S/C25H20BrN3O/c1-16-10-22-23(11-17(16)2)29-25(28-22)20(14-27)12-19-8-9-24(21(26)13-19)30-15-18-6-4-3-5-7-18/h3-13H,15H2,1-2H3,(H,28,29)/b20-12+. The first-order valence-corrected chi connectivity index (χ1v) is 10.4. The second-order valence-corrected chi connectivity index (χ2v) is 8.03. The van der Waals surface area contributed by atoms with Gasteiger partial charge in [0.1, 0.15) is 24.3 Å². The summed E-state index contributed by atoms with van der Waals surface area (Å²) in [5.74, 6) is 1.32. The van der Waals surface area contributed by atoms with Crippen LogP contribution in [0.3, 0.4) is 0 Å². The Hall–Kier alpha value is -3.36. The van der Waals surface area contributed by atoms with E-state index in [1.807, 2.05) is 60.7 Å². The number of nitriles is 1. The summed E-state index contributed by atoms with van der Waals surface area (Å²) < 4.78 is 6.74. The number of halogens is 1. The van der Waals surface area contributed by atoms with Crippen LogP contribution >= 0.6 is 15.9 Å². The molecule has 0 aliphatic heterocycles. The Bertz CT molecular complexity index is 1240. The second kappa shape index (κ2) is 8.56. The van der Waals surface area contributed by atoms with E-state index >= 15 is 0 Å². The molecule has 5 heteroatoms. The number of hydrogen-bond donors (Lipinski definition) is 1. The number of aromatic nitrogens is 2. The third kappa shape index (κ3) is 4.29. The van der Waals surface area contributed by atoms with E-state index in [0.29, 0.717) is 18.0 Å². The lowest BCUT2D eigenvalue weighted by atomic mass is 10.1. The Morgan fingerprint density at radius 2 is 1.87 bits per heavy atom. The lowest BCUT2D eigenvalue weighted by Crippen LogP contribution is -1.95. The number of rotatable bonds is 5. The molecule has 0 bridgehead atoms. The number of allylic oxidation sites excluding steroid dienone is 1. The minimum atomic E-state index is 0.478. The Kier molecular flexibility index (Phi) is 5.69. The van der Waals surface area contributed by atoms with E-state index in [1.54, 1.807) is 0 Å². The molecule has 0 saturated heterocycles. The van der Waals surface area contributed by atoms with Crippen LogP contribution < -0.4 is 4.74 Å². The summed E-state index contributed by atoms with van der Waals surface area (Å²) in [6.07, 6.45) is 1.82. The quantitative estimate of drug-likeness (QED) is 0.344. The maximum absolute atomic E-state index is 9.69. The fraction of sp³-hybridized carbons (Fsp3) is 0.120. The van der Waals surface area contributed by atoms with Crippen molar-refractivity contribution in [1.29, 1.82) is 5.26 Å². The Morgan fingerprint density at radius 1 is 1.10 bits per heavy atom. The Balaban J connectivity index is 1.58. The molecule has 30 heavy (non-hydrogen) atoms. The predicted octanol–water partition coefficient (Wildman–Crippen LogP) is 6.59. The van der Waals surface area contributed by atoms with Gasteiger partial charge in [-0.25, -0.2) is 4.98 Å². The maximum atomic E-state index is 9.69. The van der Waals surface area contributed by atoms with Gasteiger partial charge >= 0.3 is 0 Å². The predicted molar refractivity (Wildman–Crippen MR) is 124 cm³/mol. The van der Waals surface area contributed by atoms with Crippen molar-refractivity contribution in [3.63, 3.8) is 0 Å². The highest BCUT2D eigenvalue weighted by atomic mass is 79.9. The fourth-order valence-corrected chi connectivity index (χ4v) is 3.69. The van der Waals surface area contributed by atoms with E-state index in [-0.39, 0.29) is 0 Å². The van der Waals surface area contributed by atoms with E-state index in [9.17, 15) is 5.26 Å². The van der Waals surface area contributed by atoms with Crippen molar-refractivity contribution in [2.45, 2.75) is 20.5 Å². The third-order valence-corrected chi connectivity index (χ3v) is 5.60. The van der Waals surface area contributed by atoms with E-state index in [2.05, 4.69) is 51.9 Å². The molecule has 0 aliphatic rings. The number of ether oxygens (including phenoxy) is 1. The first kappa shape index (κ1) is 19.9. The van der Waals surface area contributed by atoms with Gasteiger partial charge in [-0.1, -0.05) is 36.4 Å². The van der Waals surface area contributed by atoms with Crippen molar-refractivity contribution < 1.29 is 4.74 Å². The van der Waals surface area contributed by atoms with Crippen LogP contribution in [0.5, 0.6) is 5.75 Å². The smallest absolute Gasteiger partial charge is 0.149 e. The van der Waals surface area contributed by atoms with Crippen molar-refractivity contribution in [1.82, 2.24) is 9.97 Å². The van der Waals surface area contributed by atoms with Crippen LogP contribution in [-0.2, 0) is 6.61 Å². The number of H-pyrrole nitrogens is 1. The SMILES string of the molecule is Cc1cc2nc(/C(C#N)=C/c3ccc(OCc4ccccc4)c(Br)c3)[nH]c2cc1C. The van der Waals surface area contributed by atoms with E-state index in [4.69, 9.17) is 4.74 Å². The molecule has 148 valence electrons. The van der Waals surface area contributed by atoms with Crippen molar-refractivity contribution in [2.75, 3.05) is 0 Å². The van der Waals surface area contributed by atoms with Gasteiger partial charge in [0, 0.05) is 0 Å². The normalized spacial score (nSPS) is 11.5. The molecule has 4 nitrogen and oxygen atoms in total. The van der Waals surface area contributed by atoms with Gasteiger partial charge in [0.2, 0.25) is 0 Å². The summed E-state index contributed by atoms with van der Waals surface area (Å²) in [6.45, 7) is 4.62. The zero-order valence-electron chi connectivity index (χ0n) is 16.7. The number of aromatic amines is 1. The van der Waals surface area contributed by atoms with Gasteiger partial charge in [0.25, 0.3) is 0 Å². The molecule has 0 unspecified atom stereocenters. The molecule has 0 saturated carbocycles. The molecule has 0 fully saturated rings. The lowest BCUT2D eigenvalue weighted by Gasteiger charge is -2.09. The van der Waals surface area contributed by atoms with Crippen molar-refractivity contribution in [3.8, 4) is 11.8 Å². The number of aryl methyl sites for hydroxylation is 2. The molecular weight excluding hydrogens is 438 g/mol. The highest BCUT2D eigenvalue weighted by Crippen LogP contribution is 2.29. The third-order valence-electron chi connectivity index (χ3n) is 4.98. The maximum Gasteiger partial charge on any atom is 0.149 e. The van der Waals surface area contributed by atoms with Gasteiger partial charge in [0.05, 0.1) is 21.1 Å². The first-order valence-electron chi connectivity index (χ1n) is 9.59. The van der Waals surface area contributed by atoms with E-state index < -0.39 is 0 Å². The molecule has 1 heterocycles. The van der Waals surface area contributed by atoms with E-state index in [1.165, 1.54) is 11.1 Å². The zero-order chi connectivity index (χ0) is 21.1. The molecule has 0 amide bonds. The number of hydrogen-bond acceptors (Lipinski definition) is 3. The topological polar surface area (TPSA) is 61.7 Å². The molecule has 0 radical (unpaired) electrons. The van der Waals surface area contributed by atoms with Crippen LogP contribution in [0.1, 0.15) is 28.1 Å². The number of imidazole rings is 1. The van der Waals surface area contributed by atoms with Crippen LogP contribution in [0.4, 0.5) is 0 Å². The largest absolute Gasteiger partial charge is 0.488 e. The van der Waals surface area contributed by atoms with Crippen LogP contribution in [0.15, 0.2) is 65.1 Å². The lowest BCUT2D eigenvalue weighted by molar-refractivity contribution is 0.304. The van der Waals surface area contributed by atoms with Gasteiger partial charge in [-0.2, -0.15) is 5.26 Å². The number of benzene rings is 3. The number of nitrogens with zero attached hydrogens (tertiary/aromatic N) is 2. The molecule has 4 aromatic rings. The Labute approximate surface area is 184 Å². The van der Waals surface area contributed by atoms with Crippen molar-refractivity contribution in [2.24, 2.45) is 0 Å². The van der Waals surface area contributed by atoms with E-state index in [0.717, 1.165) is 32.4 Å². The van der Waals surface area contributed by atoms with Crippen molar-refractivity contribution in [3.05, 3.63) is 93.2 Å². The van der Waals surface area contributed by atoms with Gasteiger partial charge in [-0.3, -0.25) is 0 Å². The van der Waals surface area contributed by atoms with Crippen LogP contribution in [0, 0.1) is 25.2 Å². The number of nitrogens with one attached hydrogen (secondary N) is 1. The highest BCUT2D eigenvalue weighted by molar-refractivity contribution is 9.10. The van der Waals surface area contributed by atoms with Gasteiger partial charge in [-0.05, 0) is 82.4 Å². The molecule has 1 aromatic heterocycles. The summed E-state index contributed by atoms with van der Waals surface area (Å²) in [7, 11) is 0. The van der Waals surface area contributed by atoms with Crippen molar-refractivity contribution >= 4 is 38.6 Å². The minimum Gasteiger partial charge on any atom is -0.488 e. The zero-order valence-corrected chi connectivity index (χ0v) is 18.3. The summed E-state index contributed by atoms with van der Waals surface area (Å²) in [6, 6.07) is 22.2. The minimum absolute atomic E-state index is 0.478. The average Bonchev–Trinajstić information content (AvgIpc) is 3.14. The molecule has 1 N–H and O–H groups in total. The van der Waals surface area contributed by atoms with Gasteiger partial charge in [-0.15, -0.1) is 0 Å². The summed E-state index contributed by atoms with van der Waals surface area (Å²) in [4.78, 5) is 7.86. The number of fused-ring (bicyclic) bond motifs is 1. The first-order chi connectivity index (χ1) is 14.5. The molecule has 0 spiro atoms.